The van der Waals surface area contributed by atoms with Crippen molar-refractivity contribution >= 4 is 44.4 Å². The minimum absolute atomic E-state index is 0.0642. The molecule has 0 bridgehead atoms. The fourth-order valence-corrected chi connectivity index (χ4v) is 10.9. The van der Waals surface area contributed by atoms with Crippen LogP contribution in [0.15, 0.2) is 236 Å². The van der Waals surface area contributed by atoms with E-state index in [4.69, 9.17) is 0 Å². The largest absolute Gasteiger partial charge is 0.309 e. The number of rotatable bonds is 8. The third-order valence-electron chi connectivity index (χ3n) is 13.9. The van der Waals surface area contributed by atoms with Crippen LogP contribution in [0.3, 0.4) is 0 Å². The highest BCUT2D eigenvalue weighted by molar-refractivity contribution is 6.10. The van der Waals surface area contributed by atoms with Crippen molar-refractivity contribution in [2.45, 2.75) is 32.1 Å². The summed E-state index contributed by atoms with van der Waals surface area (Å²) < 4.78 is 2.43. The molecule has 9 aromatic carbocycles. The number of para-hydroxylation sites is 4. The summed E-state index contributed by atoms with van der Waals surface area (Å²) in [6, 6.07) is 80.3. The molecule has 10 aromatic rings. The lowest BCUT2D eigenvalue weighted by atomic mass is 9.80. The second kappa shape index (κ2) is 15.7. The molecule has 2 aliphatic rings. The van der Waals surface area contributed by atoms with E-state index in [1.807, 2.05) is 0 Å². The van der Waals surface area contributed by atoms with Gasteiger partial charge in [-0.3, -0.25) is 0 Å². The molecule has 0 aliphatic heterocycles. The second-order valence-electron chi connectivity index (χ2n) is 17.9. The van der Waals surface area contributed by atoms with Crippen LogP contribution in [-0.2, 0) is 5.41 Å². The second-order valence-corrected chi connectivity index (χ2v) is 17.9. The fraction of sp³-hybridized carbons (Fsp3) is 0.0794. The molecule has 0 fully saturated rings. The zero-order chi connectivity index (χ0) is 43.5. The molecule has 0 radical (unpaired) electrons. The van der Waals surface area contributed by atoms with Crippen molar-refractivity contribution in [1.82, 2.24) is 4.57 Å². The molecule has 0 saturated carbocycles. The topological polar surface area (TPSA) is 8.17 Å². The van der Waals surface area contributed by atoms with Crippen LogP contribution in [0.5, 0.6) is 0 Å². The summed E-state index contributed by atoms with van der Waals surface area (Å²) in [6.07, 6.45) is 6.87. The highest BCUT2D eigenvalue weighted by Crippen LogP contribution is 2.55. The summed E-state index contributed by atoms with van der Waals surface area (Å²) in [5.74, 6) is 0. The maximum absolute atomic E-state index is 2.50. The average molecular weight is 833 g/mol. The molecule has 0 saturated heterocycles. The number of fused-ring (bicyclic) bond motifs is 5. The monoisotopic (exact) mass is 832 g/mol. The van der Waals surface area contributed by atoms with Crippen molar-refractivity contribution in [3.8, 4) is 50.2 Å². The Morgan fingerprint density at radius 1 is 0.446 bits per heavy atom. The van der Waals surface area contributed by atoms with Crippen LogP contribution in [0.2, 0.25) is 0 Å². The van der Waals surface area contributed by atoms with Gasteiger partial charge < -0.3 is 9.47 Å². The highest BCUT2D eigenvalue weighted by atomic mass is 15.1. The normalized spacial score (nSPS) is 13.9. The van der Waals surface area contributed by atoms with Gasteiger partial charge in [-0.2, -0.15) is 0 Å². The maximum Gasteiger partial charge on any atom is 0.0541 e. The third kappa shape index (κ3) is 6.39. The highest BCUT2D eigenvalue weighted by Gasteiger charge is 2.39. The lowest BCUT2D eigenvalue weighted by Gasteiger charge is -2.31. The van der Waals surface area contributed by atoms with Gasteiger partial charge in [0.15, 0.2) is 0 Å². The third-order valence-corrected chi connectivity index (χ3v) is 13.9. The van der Waals surface area contributed by atoms with Crippen LogP contribution in [0.1, 0.15) is 37.8 Å². The standard InChI is InChI=1S/C63H48N2/c1-63(2)55-30-14-9-28-53(55)62-52(29-19-31-56(62)63)51-27-13-16-33-58(51)64(61-41-38-46(43-20-5-3-6-21-43)42-54(61)44-22-7-4-8-23-44)47-39-36-45(37-40-47)48-24-10-15-32-57(48)65-59-34-17-11-25-49(59)50-26-12-18-35-60(50)65/h3-8,10-27,29-42H,9,28H2,1-2H3. The van der Waals surface area contributed by atoms with E-state index in [-0.39, 0.29) is 5.41 Å². The lowest BCUT2D eigenvalue weighted by Crippen LogP contribution is -2.16. The van der Waals surface area contributed by atoms with Crippen LogP contribution in [-0.4, -0.2) is 4.57 Å². The number of anilines is 3. The summed E-state index contributed by atoms with van der Waals surface area (Å²) in [5.41, 5.74) is 22.2. The van der Waals surface area contributed by atoms with Crippen LogP contribution >= 0.6 is 0 Å². The van der Waals surface area contributed by atoms with E-state index in [0.29, 0.717) is 0 Å². The lowest BCUT2D eigenvalue weighted by molar-refractivity contribution is 0.651. The van der Waals surface area contributed by atoms with E-state index >= 15 is 0 Å². The molecule has 0 spiro atoms. The Morgan fingerprint density at radius 2 is 1.02 bits per heavy atom. The smallest absolute Gasteiger partial charge is 0.0541 e. The first kappa shape index (κ1) is 38.7. The van der Waals surface area contributed by atoms with E-state index < -0.39 is 0 Å². The zero-order valence-electron chi connectivity index (χ0n) is 36.7. The Morgan fingerprint density at radius 3 is 1.75 bits per heavy atom. The van der Waals surface area contributed by atoms with E-state index in [9.17, 15) is 0 Å². The predicted octanol–water partition coefficient (Wildman–Crippen LogP) is 17.3. The quantitative estimate of drug-likeness (QED) is 0.148. The van der Waals surface area contributed by atoms with E-state index in [1.54, 1.807) is 0 Å². The molecule has 0 atom stereocenters. The fourth-order valence-electron chi connectivity index (χ4n) is 10.9. The molecule has 0 N–H and O–H groups in total. The van der Waals surface area contributed by atoms with Gasteiger partial charge in [0, 0.05) is 38.6 Å². The molecule has 2 aliphatic carbocycles. The molecule has 1 aromatic heterocycles. The van der Waals surface area contributed by atoms with Crippen LogP contribution in [0.4, 0.5) is 17.1 Å². The minimum Gasteiger partial charge on any atom is -0.309 e. The van der Waals surface area contributed by atoms with Gasteiger partial charge >= 0.3 is 0 Å². The van der Waals surface area contributed by atoms with Crippen molar-refractivity contribution in [3.05, 3.63) is 247 Å². The summed E-state index contributed by atoms with van der Waals surface area (Å²) in [5, 5.41) is 2.52. The Balaban J connectivity index is 1.07. The SMILES string of the molecule is CC1(C)C2=C(CCC=C2)c2c(-c3ccccc3N(c3ccc(-c4ccccc4-n4c5ccccc5c5ccccc54)cc3)c3ccc(-c4ccccc4)cc3-c3ccccc3)cccc21. The molecule has 1 heterocycles. The molecule has 2 heteroatoms. The van der Waals surface area contributed by atoms with E-state index in [1.165, 1.54) is 83.0 Å². The van der Waals surface area contributed by atoms with E-state index in [0.717, 1.165) is 41.2 Å². The summed E-state index contributed by atoms with van der Waals surface area (Å²) in [4.78, 5) is 2.50. The molecule has 65 heavy (non-hydrogen) atoms. The molecule has 310 valence electrons. The van der Waals surface area contributed by atoms with Gasteiger partial charge in [-0.25, -0.2) is 0 Å². The van der Waals surface area contributed by atoms with Crippen molar-refractivity contribution < 1.29 is 0 Å². The number of hydrogen-bond donors (Lipinski definition) is 0. The van der Waals surface area contributed by atoms with Gasteiger partial charge in [-0.1, -0.05) is 196 Å². The molecule has 12 rings (SSSR count). The van der Waals surface area contributed by atoms with Crippen molar-refractivity contribution in [2.75, 3.05) is 4.90 Å². The maximum atomic E-state index is 2.50. The summed E-state index contributed by atoms with van der Waals surface area (Å²) in [6.45, 7) is 4.79. The van der Waals surface area contributed by atoms with Crippen LogP contribution in [0, 0.1) is 0 Å². The van der Waals surface area contributed by atoms with Gasteiger partial charge in [0.05, 0.1) is 28.1 Å². The molecular weight excluding hydrogens is 785 g/mol. The van der Waals surface area contributed by atoms with Gasteiger partial charge in [0.25, 0.3) is 0 Å². The number of benzene rings is 9. The van der Waals surface area contributed by atoms with Gasteiger partial charge in [0.2, 0.25) is 0 Å². The molecular formula is C63H48N2. The Kier molecular flexibility index (Phi) is 9.35. The molecule has 2 nitrogen and oxygen atoms in total. The number of nitrogens with zero attached hydrogens (tertiary/aromatic N) is 2. The van der Waals surface area contributed by atoms with Gasteiger partial charge in [0.1, 0.15) is 0 Å². The Bertz CT molecular complexity index is 3440. The van der Waals surface area contributed by atoms with Crippen LogP contribution in [0.25, 0.3) is 77.6 Å². The number of hydrogen-bond acceptors (Lipinski definition) is 1. The summed E-state index contributed by atoms with van der Waals surface area (Å²) >= 11 is 0. The number of allylic oxidation sites excluding steroid dienone is 4. The predicted molar refractivity (Wildman–Crippen MR) is 276 cm³/mol. The summed E-state index contributed by atoms with van der Waals surface area (Å²) in [7, 11) is 0. The van der Waals surface area contributed by atoms with Crippen molar-refractivity contribution in [1.29, 1.82) is 0 Å². The molecule has 0 amide bonds. The first-order valence-electron chi connectivity index (χ1n) is 22.9. The minimum atomic E-state index is -0.0642. The molecule has 0 unspecified atom stereocenters. The van der Waals surface area contributed by atoms with Crippen molar-refractivity contribution in [3.63, 3.8) is 0 Å². The van der Waals surface area contributed by atoms with Gasteiger partial charge in [-0.15, -0.1) is 0 Å². The first-order valence-corrected chi connectivity index (χ1v) is 22.9. The van der Waals surface area contributed by atoms with Gasteiger partial charge in [-0.05, 0) is 111 Å². The Labute approximate surface area is 381 Å². The zero-order valence-corrected chi connectivity index (χ0v) is 36.7. The first-order chi connectivity index (χ1) is 32.0. The average Bonchev–Trinajstić information content (AvgIpc) is 3.83. The number of aromatic nitrogens is 1. The van der Waals surface area contributed by atoms with E-state index in [2.05, 4.69) is 254 Å². The Hall–Kier alpha value is -7.94. The van der Waals surface area contributed by atoms with Crippen molar-refractivity contribution in [2.24, 2.45) is 0 Å². The van der Waals surface area contributed by atoms with Crippen LogP contribution < -0.4 is 4.90 Å².